The van der Waals surface area contributed by atoms with Gasteiger partial charge in [-0.2, -0.15) is 0 Å². The van der Waals surface area contributed by atoms with Gasteiger partial charge in [0.15, 0.2) is 5.78 Å². The zero-order valence-corrected chi connectivity index (χ0v) is 14.1. The monoisotopic (exact) mass is 322 g/mol. The van der Waals surface area contributed by atoms with Crippen LogP contribution in [0.1, 0.15) is 44.0 Å². The summed E-state index contributed by atoms with van der Waals surface area (Å²) in [7, 11) is 0. The summed E-state index contributed by atoms with van der Waals surface area (Å²) in [5, 5.41) is 0. The summed E-state index contributed by atoms with van der Waals surface area (Å²) in [5.74, 6) is 0.700. The van der Waals surface area contributed by atoms with Crippen LogP contribution in [0, 0.1) is 11.8 Å². The molecule has 1 aromatic rings. The van der Waals surface area contributed by atoms with Crippen LogP contribution in [0.4, 0.5) is 5.82 Å². The van der Waals surface area contributed by atoms with E-state index in [0.29, 0.717) is 24.8 Å². The number of nitrogens with two attached hydrogens (primary N) is 1. The van der Waals surface area contributed by atoms with Crippen LogP contribution in [-0.2, 0) is 6.54 Å². The van der Waals surface area contributed by atoms with Gasteiger partial charge in [-0.25, -0.2) is 4.79 Å². The Hall–Kier alpha value is -1.89. The predicted octanol–water partition coefficient (Wildman–Crippen LogP) is 0.689. The molecule has 0 radical (unpaired) electrons. The molecule has 128 valence electrons. The van der Waals surface area contributed by atoms with Gasteiger partial charge in [-0.1, -0.05) is 20.8 Å². The zero-order chi connectivity index (χ0) is 17.1. The van der Waals surface area contributed by atoms with Crippen molar-refractivity contribution in [1.29, 1.82) is 0 Å². The van der Waals surface area contributed by atoms with E-state index in [9.17, 15) is 14.4 Å². The molecule has 0 spiro atoms. The lowest BCUT2D eigenvalue weighted by Gasteiger charge is -2.34. The third-order valence-corrected chi connectivity index (χ3v) is 4.28. The number of piperidine rings is 1. The van der Waals surface area contributed by atoms with Gasteiger partial charge in [0.05, 0.1) is 6.54 Å². The highest BCUT2D eigenvalue weighted by Crippen LogP contribution is 2.21. The maximum Gasteiger partial charge on any atom is 0.329 e. The highest BCUT2D eigenvalue weighted by Gasteiger charge is 2.26. The van der Waals surface area contributed by atoms with E-state index in [1.165, 1.54) is 4.57 Å². The molecule has 1 aliphatic heterocycles. The van der Waals surface area contributed by atoms with Crippen molar-refractivity contribution in [3.63, 3.8) is 0 Å². The van der Waals surface area contributed by atoms with Gasteiger partial charge in [0.1, 0.15) is 11.4 Å². The minimum absolute atomic E-state index is 0.0243. The highest BCUT2D eigenvalue weighted by molar-refractivity contribution is 6.01. The summed E-state index contributed by atoms with van der Waals surface area (Å²) in [6.07, 6.45) is 1.83. The third kappa shape index (κ3) is 3.90. The van der Waals surface area contributed by atoms with E-state index in [-0.39, 0.29) is 23.7 Å². The number of nitrogens with one attached hydrogen (secondary N) is 1. The first-order valence-corrected chi connectivity index (χ1v) is 8.21. The Kier molecular flexibility index (Phi) is 5.41. The van der Waals surface area contributed by atoms with E-state index in [1.807, 2.05) is 6.92 Å². The van der Waals surface area contributed by atoms with Crippen molar-refractivity contribution < 1.29 is 4.79 Å². The Balaban J connectivity index is 2.27. The Morgan fingerprint density at radius 3 is 2.43 bits per heavy atom. The van der Waals surface area contributed by atoms with Gasteiger partial charge in [0.25, 0.3) is 5.56 Å². The third-order valence-electron chi connectivity index (χ3n) is 4.28. The maximum atomic E-state index is 12.6. The van der Waals surface area contributed by atoms with Crippen LogP contribution in [0.15, 0.2) is 9.59 Å². The summed E-state index contributed by atoms with van der Waals surface area (Å²) in [6.45, 7) is 8.43. The normalized spacial score (nSPS) is 22.2. The molecule has 0 saturated carbocycles. The number of ketones is 1. The molecule has 7 heteroatoms. The van der Waals surface area contributed by atoms with E-state index in [1.54, 1.807) is 0 Å². The first-order valence-electron chi connectivity index (χ1n) is 8.21. The summed E-state index contributed by atoms with van der Waals surface area (Å²) in [5.41, 5.74) is 4.59. The second-order valence-corrected chi connectivity index (χ2v) is 6.73. The van der Waals surface area contributed by atoms with E-state index < -0.39 is 11.2 Å². The molecule has 7 nitrogen and oxygen atoms in total. The lowest BCUT2D eigenvalue weighted by molar-refractivity contribution is 0.0848. The van der Waals surface area contributed by atoms with Crippen LogP contribution in [0.25, 0.3) is 0 Å². The van der Waals surface area contributed by atoms with Crippen molar-refractivity contribution in [2.45, 2.75) is 40.2 Å². The smallest absolute Gasteiger partial charge is 0.329 e. The number of Topliss-reactive ketones (excluding diaryl/α,β-unsaturated/α-hetero) is 1. The molecule has 2 atom stereocenters. The number of carbonyl (C=O) groups excluding carboxylic acids is 1. The van der Waals surface area contributed by atoms with E-state index in [4.69, 9.17) is 5.73 Å². The number of nitrogen functional groups attached to an aromatic ring is 1. The van der Waals surface area contributed by atoms with E-state index in [0.717, 1.165) is 19.5 Å². The maximum absolute atomic E-state index is 12.6. The number of rotatable bonds is 5. The van der Waals surface area contributed by atoms with Crippen molar-refractivity contribution in [3.8, 4) is 0 Å². The van der Waals surface area contributed by atoms with Crippen molar-refractivity contribution in [2.75, 3.05) is 25.4 Å². The van der Waals surface area contributed by atoms with Crippen LogP contribution < -0.4 is 17.0 Å². The Morgan fingerprint density at radius 1 is 1.26 bits per heavy atom. The largest absolute Gasteiger partial charge is 0.384 e. The van der Waals surface area contributed by atoms with Crippen LogP contribution >= 0.6 is 0 Å². The number of hydrogen-bond donors (Lipinski definition) is 2. The van der Waals surface area contributed by atoms with Crippen molar-refractivity contribution >= 4 is 11.6 Å². The highest BCUT2D eigenvalue weighted by atomic mass is 16.2. The second kappa shape index (κ2) is 7.12. The molecule has 2 rings (SSSR count). The molecule has 0 amide bonds. The number of H-pyrrole nitrogens is 1. The molecule has 2 heterocycles. The number of aromatic nitrogens is 2. The molecule has 1 aromatic heterocycles. The SMILES string of the molecule is CCCn1c(N)c(C(=O)CN2C[C@H](C)C[C@@H](C)C2)c(=O)[nH]c1=O. The molecule has 1 saturated heterocycles. The molecule has 3 N–H and O–H groups in total. The number of carbonyl (C=O) groups is 1. The van der Waals surface area contributed by atoms with Crippen LogP contribution in [-0.4, -0.2) is 39.9 Å². The molecular formula is C16H26N4O3. The Morgan fingerprint density at radius 2 is 1.87 bits per heavy atom. The molecule has 1 aliphatic rings. The summed E-state index contributed by atoms with van der Waals surface area (Å²) in [4.78, 5) is 40.7. The van der Waals surface area contributed by atoms with Gasteiger partial charge in [0.2, 0.25) is 0 Å². The number of hydrogen-bond acceptors (Lipinski definition) is 5. The quantitative estimate of drug-likeness (QED) is 0.777. The number of nitrogens with zero attached hydrogens (tertiary/aromatic N) is 2. The molecule has 23 heavy (non-hydrogen) atoms. The molecule has 0 bridgehead atoms. The van der Waals surface area contributed by atoms with Crippen LogP contribution in [0.5, 0.6) is 0 Å². The van der Waals surface area contributed by atoms with Gasteiger partial charge in [-0.05, 0) is 24.7 Å². The molecular weight excluding hydrogens is 296 g/mol. The second-order valence-electron chi connectivity index (χ2n) is 6.73. The van der Waals surface area contributed by atoms with E-state index in [2.05, 4.69) is 23.7 Å². The van der Waals surface area contributed by atoms with Gasteiger partial charge in [-0.3, -0.25) is 24.0 Å². The number of anilines is 1. The number of aromatic amines is 1. The fourth-order valence-electron chi connectivity index (χ4n) is 3.51. The molecule has 0 unspecified atom stereocenters. The van der Waals surface area contributed by atoms with Gasteiger partial charge in [0, 0.05) is 19.6 Å². The average Bonchev–Trinajstić information content (AvgIpc) is 2.41. The first kappa shape index (κ1) is 17.5. The van der Waals surface area contributed by atoms with Crippen molar-refractivity contribution in [1.82, 2.24) is 14.5 Å². The first-order chi connectivity index (χ1) is 10.8. The number of likely N-dealkylation sites (tertiary alicyclic amines) is 1. The fraction of sp³-hybridized carbons (Fsp3) is 0.688. The van der Waals surface area contributed by atoms with E-state index >= 15 is 0 Å². The van der Waals surface area contributed by atoms with Crippen molar-refractivity contribution in [3.05, 3.63) is 26.4 Å². The van der Waals surface area contributed by atoms with Gasteiger partial charge < -0.3 is 5.73 Å². The summed E-state index contributed by atoms with van der Waals surface area (Å²) >= 11 is 0. The minimum Gasteiger partial charge on any atom is -0.384 e. The molecule has 1 fully saturated rings. The van der Waals surface area contributed by atoms with Crippen molar-refractivity contribution in [2.24, 2.45) is 11.8 Å². The topological polar surface area (TPSA) is 101 Å². The minimum atomic E-state index is -0.692. The van der Waals surface area contributed by atoms with Gasteiger partial charge >= 0.3 is 5.69 Å². The lowest BCUT2D eigenvalue weighted by atomic mass is 9.91. The van der Waals surface area contributed by atoms with Gasteiger partial charge in [-0.15, -0.1) is 0 Å². The summed E-state index contributed by atoms with van der Waals surface area (Å²) < 4.78 is 1.26. The predicted molar refractivity (Wildman–Crippen MR) is 89.7 cm³/mol. The Bertz CT molecular complexity index is 682. The van der Waals surface area contributed by atoms with Crippen LogP contribution in [0.2, 0.25) is 0 Å². The average molecular weight is 322 g/mol. The molecule has 0 aliphatic carbocycles. The zero-order valence-electron chi connectivity index (χ0n) is 14.1. The lowest BCUT2D eigenvalue weighted by Crippen LogP contribution is -2.43. The standard InChI is InChI=1S/C16H26N4O3/c1-4-5-20-14(17)13(15(22)18-16(20)23)12(21)9-19-7-10(2)6-11(3)8-19/h10-11H,4-9,17H2,1-3H3,(H,18,22,23)/t10-,11-/m1/s1. The van der Waals surface area contributed by atoms with Crippen LogP contribution in [0.3, 0.4) is 0 Å². The molecule has 0 aromatic carbocycles. The summed E-state index contributed by atoms with van der Waals surface area (Å²) in [6, 6.07) is 0. The fourth-order valence-corrected chi connectivity index (χ4v) is 3.51. The Labute approximate surface area is 135 Å².